The molecule has 2 rings (SSSR count). The molecule has 16 heavy (non-hydrogen) atoms. The predicted octanol–water partition coefficient (Wildman–Crippen LogP) is 0.541. The summed E-state index contributed by atoms with van der Waals surface area (Å²) < 4.78 is 22.6. The van der Waals surface area contributed by atoms with E-state index in [9.17, 15) is 18.3 Å². The molecule has 0 radical (unpaired) electrons. The Labute approximate surface area is 96.0 Å². The summed E-state index contributed by atoms with van der Waals surface area (Å²) in [4.78, 5) is 11.9. The minimum absolute atomic E-state index is 0.0212. The van der Waals surface area contributed by atoms with E-state index in [0.29, 0.717) is 0 Å². The van der Waals surface area contributed by atoms with Gasteiger partial charge < -0.3 is 5.11 Å². The van der Waals surface area contributed by atoms with Crippen LogP contribution in [0, 0.1) is 11.8 Å². The average molecular weight is 246 g/mol. The highest BCUT2D eigenvalue weighted by molar-refractivity contribution is 7.91. The van der Waals surface area contributed by atoms with Gasteiger partial charge in [-0.2, -0.15) is 0 Å². The molecule has 0 aromatic carbocycles. The normalized spacial score (nSPS) is 34.3. The first-order chi connectivity index (χ1) is 7.48. The lowest BCUT2D eigenvalue weighted by atomic mass is 9.92. The van der Waals surface area contributed by atoms with Crippen LogP contribution in [0.2, 0.25) is 0 Å². The second kappa shape index (κ2) is 4.45. The van der Waals surface area contributed by atoms with E-state index in [4.69, 9.17) is 0 Å². The van der Waals surface area contributed by atoms with Crippen LogP contribution in [0.15, 0.2) is 0 Å². The van der Waals surface area contributed by atoms with Crippen LogP contribution in [0.25, 0.3) is 0 Å². The molecule has 4 nitrogen and oxygen atoms in total. The van der Waals surface area contributed by atoms with Crippen LogP contribution in [0.3, 0.4) is 0 Å². The monoisotopic (exact) mass is 246 g/mol. The summed E-state index contributed by atoms with van der Waals surface area (Å²) in [7, 11) is -3.12. The van der Waals surface area contributed by atoms with Gasteiger partial charge in [-0.05, 0) is 12.8 Å². The Morgan fingerprint density at radius 3 is 2.31 bits per heavy atom. The number of aliphatic hydroxyl groups is 1. The molecule has 2 aliphatic rings. The van der Waals surface area contributed by atoms with E-state index >= 15 is 0 Å². The molecule has 1 N–H and O–H groups in total. The van der Waals surface area contributed by atoms with Crippen LogP contribution in [0.5, 0.6) is 0 Å². The lowest BCUT2D eigenvalue weighted by Crippen LogP contribution is -2.23. The predicted molar refractivity (Wildman–Crippen MR) is 59.7 cm³/mol. The summed E-state index contributed by atoms with van der Waals surface area (Å²) in [6.45, 7) is 0. The number of ketones is 1. The first kappa shape index (κ1) is 12.0. The minimum Gasteiger partial charge on any atom is -0.392 e. The molecular weight excluding hydrogens is 228 g/mol. The summed E-state index contributed by atoms with van der Waals surface area (Å²) in [5, 5.41) is 9.58. The highest BCUT2D eigenvalue weighted by atomic mass is 32.2. The highest BCUT2D eigenvalue weighted by Crippen LogP contribution is 2.30. The van der Waals surface area contributed by atoms with Crippen LogP contribution >= 0.6 is 0 Å². The molecule has 5 heteroatoms. The summed E-state index contributed by atoms with van der Waals surface area (Å²) in [6.07, 6.45) is 3.48. The van der Waals surface area contributed by atoms with Crippen molar-refractivity contribution in [3.63, 3.8) is 0 Å². The number of Topliss-reactive ketones (excluding diaryl/α,β-unsaturated/α-hetero) is 1. The van der Waals surface area contributed by atoms with Crippen molar-refractivity contribution in [2.75, 3.05) is 11.5 Å². The Morgan fingerprint density at radius 2 is 1.81 bits per heavy atom. The van der Waals surface area contributed by atoms with Crippen LogP contribution in [-0.2, 0) is 14.6 Å². The van der Waals surface area contributed by atoms with E-state index in [1.54, 1.807) is 0 Å². The van der Waals surface area contributed by atoms with Crippen LogP contribution < -0.4 is 0 Å². The van der Waals surface area contributed by atoms with E-state index in [0.717, 1.165) is 25.7 Å². The van der Waals surface area contributed by atoms with Gasteiger partial charge in [-0.15, -0.1) is 0 Å². The van der Waals surface area contributed by atoms with Gasteiger partial charge in [-0.3, -0.25) is 4.79 Å². The van der Waals surface area contributed by atoms with Crippen molar-refractivity contribution in [3.8, 4) is 0 Å². The smallest absolute Gasteiger partial charge is 0.153 e. The first-order valence-electron chi connectivity index (χ1n) is 5.89. The Bertz CT molecular complexity index is 367. The zero-order valence-corrected chi connectivity index (χ0v) is 10.1. The van der Waals surface area contributed by atoms with E-state index in [1.165, 1.54) is 0 Å². The molecule has 0 bridgehead atoms. The average Bonchev–Trinajstić information content (AvgIpc) is 2.74. The van der Waals surface area contributed by atoms with Gasteiger partial charge in [0.25, 0.3) is 0 Å². The molecule has 0 aromatic heterocycles. The molecule has 0 spiro atoms. The molecular formula is C11H18O4S. The van der Waals surface area contributed by atoms with E-state index in [-0.39, 0.29) is 35.5 Å². The molecule has 0 aromatic rings. The maximum absolute atomic E-state index is 11.9. The lowest BCUT2D eigenvalue weighted by Gasteiger charge is -2.14. The topological polar surface area (TPSA) is 71.4 Å². The third kappa shape index (κ3) is 2.63. The molecule has 2 unspecified atom stereocenters. The summed E-state index contributed by atoms with van der Waals surface area (Å²) >= 11 is 0. The number of carbonyl (C=O) groups is 1. The summed E-state index contributed by atoms with van der Waals surface area (Å²) in [6, 6.07) is 0. The molecule has 2 atom stereocenters. The number of sulfone groups is 1. The van der Waals surface area contributed by atoms with E-state index in [1.807, 2.05) is 0 Å². The van der Waals surface area contributed by atoms with Gasteiger partial charge in [0.15, 0.2) is 9.84 Å². The Hall–Kier alpha value is -0.420. The van der Waals surface area contributed by atoms with Crippen molar-refractivity contribution in [1.29, 1.82) is 0 Å². The zero-order chi connectivity index (χ0) is 11.8. The molecule has 2 fully saturated rings. The van der Waals surface area contributed by atoms with Gasteiger partial charge in [0.05, 0.1) is 17.6 Å². The van der Waals surface area contributed by atoms with E-state index in [2.05, 4.69) is 0 Å². The molecule has 1 saturated heterocycles. The van der Waals surface area contributed by atoms with Crippen molar-refractivity contribution in [2.45, 2.75) is 38.2 Å². The zero-order valence-electron chi connectivity index (χ0n) is 9.26. The third-order valence-corrected chi connectivity index (χ3v) is 5.50. The van der Waals surface area contributed by atoms with Gasteiger partial charge >= 0.3 is 0 Å². The SMILES string of the molecule is O=C(CC1CS(=O)(=O)CC1O)C1CCCC1. The molecule has 1 saturated carbocycles. The fourth-order valence-corrected chi connectivity index (χ4v) is 4.69. The van der Waals surface area contributed by atoms with Crippen LogP contribution in [0.4, 0.5) is 0 Å². The Morgan fingerprint density at radius 1 is 1.19 bits per heavy atom. The maximum Gasteiger partial charge on any atom is 0.153 e. The molecule has 0 amide bonds. The lowest BCUT2D eigenvalue weighted by molar-refractivity contribution is -0.124. The number of aliphatic hydroxyl groups excluding tert-OH is 1. The van der Waals surface area contributed by atoms with Crippen LogP contribution in [-0.4, -0.2) is 36.9 Å². The van der Waals surface area contributed by atoms with Crippen molar-refractivity contribution in [2.24, 2.45) is 11.8 Å². The number of carbonyl (C=O) groups excluding carboxylic acids is 1. The van der Waals surface area contributed by atoms with Crippen LogP contribution in [0.1, 0.15) is 32.1 Å². The number of hydrogen-bond acceptors (Lipinski definition) is 4. The fourth-order valence-electron chi connectivity index (χ4n) is 2.77. The van der Waals surface area contributed by atoms with E-state index < -0.39 is 15.9 Å². The third-order valence-electron chi connectivity index (χ3n) is 3.71. The van der Waals surface area contributed by atoms with Crippen molar-refractivity contribution in [3.05, 3.63) is 0 Å². The van der Waals surface area contributed by atoms with Crippen molar-refractivity contribution >= 4 is 15.6 Å². The van der Waals surface area contributed by atoms with Gasteiger partial charge in [0.2, 0.25) is 0 Å². The van der Waals surface area contributed by atoms with Gasteiger partial charge in [-0.1, -0.05) is 12.8 Å². The van der Waals surface area contributed by atoms with Crippen molar-refractivity contribution in [1.82, 2.24) is 0 Å². The van der Waals surface area contributed by atoms with Gasteiger partial charge in [0.1, 0.15) is 5.78 Å². The summed E-state index contributed by atoms with van der Waals surface area (Å²) in [5.74, 6) is -0.283. The highest BCUT2D eigenvalue weighted by Gasteiger charge is 2.38. The molecule has 92 valence electrons. The fraction of sp³-hybridized carbons (Fsp3) is 0.909. The molecule has 1 heterocycles. The quantitative estimate of drug-likeness (QED) is 0.789. The van der Waals surface area contributed by atoms with Crippen molar-refractivity contribution < 1.29 is 18.3 Å². The molecule has 1 aliphatic carbocycles. The van der Waals surface area contributed by atoms with Gasteiger partial charge in [-0.25, -0.2) is 8.42 Å². The second-order valence-electron chi connectivity index (χ2n) is 5.06. The standard InChI is InChI=1S/C11H18O4S/c12-10(8-3-1-2-4-8)5-9-6-16(14,15)7-11(9)13/h8-9,11,13H,1-7H2. The first-order valence-corrected chi connectivity index (χ1v) is 7.71. The largest absolute Gasteiger partial charge is 0.392 e. The number of hydrogen-bond donors (Lipinski definition) is 1. The maximum atomic E-state index is 11.9. The van der Waals surface area contributed by atoms with Gasteiger partial charge in [0, 0.05) is 18.3 Å². The second-order valence-corrected chi connectivity index (χ2v) is 7.21. The number of rotatable bonds is 3. The minimum atomic E-state index is -3.12. The molecule has 1 aliphatic heterocycles. The summed E-state index contributed by atoms with van der Waals surface area (Å²) in [5.41, 5.74) is 0. The Kier molecular flexibility index (Phi) is 3.35. The Balaban J connectivity index is 1.92.